The van der Waals surface area contributed by atoms with E-state index in [1.54, 1.807) is 19.1 Å². The molecule has 0 saturated heterocycles. The smallest absolute Gasteiger partial charge is 0.269 e. The Bertz CT molecular complexity index is 792. The fourth-order valence-corrected chi connectivity index (χ4v) is 2.50. The fourth-order valence-electron chi connectivity index (χ4n) is 2.50. The molecule has 112 valence electrons. The Balaban J connectivity index is 2.14. The summed E-state index contributed by atoms with van der Waals surface area (Å²) in [5.74, 6) is -0.111. The molecule has 3 rings (SSSR count). The summed E-state index contributed by atoms with van der Waals surface area (Å²) in [6.07, 6.45) is 1.36. The van der Waals surface area contributed by atoms with Gasteiger partial charge in [0.25, 0.3) is 5.69 Å². The molecule has 9 nitrogen and oxygen atoms in total. The predicted molar refractivity (Wildman–Crippen MR) is 76.8 cm³/mol. The lowest BCUT2D eigenvalue weighted by Crippen LogP contribution is -2.31. The third-order valence-corrected chi connectivity index (χ3v) is 3.48. The largest absolute Gasteiger partial charge is 0.366 e. The van der Waals surface area contributed by atoms with Crippen LogP contribution >= 0.6 is 0 Å². The number of nitrogens with one attached hydrogen (secondary N) is 1. The van der Waals surface area contributed by atoms with Crippen LogP contribution in [0.3, 0.4) is 0 Å². The van der Waals surface area contributed by atoms with E-state index in [2.05, 4.69) is 15.4 Å². The summed E-state index contributed by atoms with van der Waals surface area (Å²) in [5.41, 5.74) is 7.03. The number of primary amides is 1. The predicted octanol–water partition coefficient (Wildman–Crippen LogP) is 0.960. The van der Waals surface area contributed by atoms with E-state index < -0.39 is 16.9 Å². The highest BCUT2D eigenvalue weighted by molar-refractivity contribution is 5.95. The van der Waals surface area contributed by atoms with E-state index in [1.807, 2.05) is 0 Å². The average Bonchev–Trinajstić information content (AvgIpc) is 2.93. The minimum absolute atomic E-state index is 0.0298. The zero-order valence-electron chi connectivity index (χ0n) is 11.6. The number of non-ortho nitro benzene ring substituents is 1. The van der Waals surface area contributed by atoms with Gasteiger partial charge in [-0.05, 0) is 24.6 Å². The molecule has 9 heteroatoms. The summed E-state index contributed by atoms with van der Waals surface area (Å²) in [5, 5.41) is 17.8. The number of anilines is 1. The Morgan fingerprint density at radius 1 is 1.41 bits per heavy atom. The summed E-state index contributed by atoms with van der Waals surface area (Å²) >= 11 is 0. The van der Waals surface area contributed by atoms with Gasteiger partial charge in [-0.25, -0.2) is 4.68 Å². The number of nitro groups is 1. The lowest BCUT2D eigenvalue weighted by molar-refractivity contribution is -0.384. The molecule has 0 radical (unpaired) electrons. The molecule has 2 heterocycles. The summed E-state index contributed by atoms with van der Waals surface area (Å²) in [7, 11) is 0. The van der Waals surface area contributed by atoms with Crippen molar-refractivity contribution in [3.05, 3.63) is 57.5 Å². The molecule has 1 amide bonds. The molecular weight excluding hydrogens is 288 g/mol. The van der Waals surface area contributed by atoms with E-state index in [0.29, 0.717) is 22.8 Å². The Labute approximate surface area is 124 Å². The first-order valence-electron chi connectivity index (χ1n) is 6.40. The van der Waals surface area contributed by atoms with Crippen LogP contribution in [0, 0.1) is 10.1 Å². The quantitative estimate of drug-likeness (QED) is 0.641. The molecule has 0 saturated carbocycles. The van der Waals surface area contributed by atoms with Gasteiger partial charge in [-0.2, -0.15) is 10.1 Å². The molecular formula is C13H12N6O3. The number of hydrogen-bond donors (Lipinski definition) is 2. The third kappa shape index (κ3) is 2.08. The molecule has 0 spiro atoms. The molecule has 2 aromatic rings. The summed E-state index contributed by atoms with van der Waals surface area (Å²) in [6.45, 7) is 1.72. The van der Waals surface area contributed by atoms with Crippen molar-refractivity contribution < 1.29 is 9.72 Å². The molecule has 0 bridgehead atoms. The minimum atomic E-state index is -0.588. The zero-order valence-corrected chi connectivity index (χ0v) is 11.6. The number of nitrogens with zero attached hydrogens (tertiary/aromatic N) is 4. The maximum Gasteiger partial charge on any atom is 0.269 e. The standard InChI is InChI=1S/C13H12N6O3/c1-7-10(12(14)20)11(18-13(17-7)15-6-16-18)8-2-4-9(5-3-8)19(21)22/h2-6,11H,1H3,(H2,14,20)(H,15,16,17)/t11-/m1/s1. The summed E-state index contributed by atoms with van der Waals surface area (Å²) in [6, 6.07) is 5.34. The van der Waals surface area contributed by atoms with Crippen LogP contribution in [0.5, 0.6) is 0 Å². The second kappa shape index (κ2) is 4.95. The van der Waals surface area contributed by atoms with Gasteiger partial charge in [0.1, 0.15) is 12.4 Å². The molecule has 22 heavy (non-hydrogen) atoms. The van der Waals surface area contributed by atoms with E-state index >= 15 is 0 Å². The monoisotopic (exact) mass is 300 g/mol. The van der Waals surface area contributed by atoms with E-state index in [4.69, 9.17) is 5.73 Å². The first-order chi connectivity index (χ1) is 10.5. The van der Waals surface area contributed by atoms with Crippen molar-refractivity contribution in [1.82, 2.24) is 14.8 Å². The topological polar surface area (TPSA) is 129 Å². The highest BCUT2D eigenvalue weighted by atomic mass is 16.6. The molecule has 0 aliphatic carbocycles. The third-order valence-electron chi connectivity index (χ3n) is 3.48. The van der Waals surface area contributed by atoms with Crippen LogP contribution < -0.4 is 11.1 Å². The first kappa shape index (κ1) is 13.7. The van der Waals surface area contributed by atoms with Crippen molar-refractivity contribution in [1.29, 1.82) is 0 Å². The SMILES string of the molecule is CC1=C(C(N)=O)[C@@H](c2ccc([N+](=O)[O-])cc2)n2ncnc2N1. The maximum atomic E-state index is 11.8. The van der Waals surface area contributed by atoms with Gasteiger partial charge in [0.2, 0.25) is 11.9 Å². The number of allylic oxidation sites excluding steroid dienone is 1. The Morgan fingerprint density at radius 2 is 2.09 bits per heavy atom. The van der Waals surface area contributed by atoms with Crippen LogP contribution in [-0.2, 0) is 4.79 Å². The van der Waals surface area contributed by atoms with Crippen LogP contribution in [0.2, 0.25) is 0 Å². The molecule has 1 aliphatic heterocycles. The number of benzene rings is 1. The first-order valence-corrected chi connectivity index (χ1v) is 6.40. The molecule has 0 fully saturated rings. The number of amides is 1. The minimum Gasteiger partial charge on any atom is -0.366 e. The fraction of sp³-hybridized carbons (Fsp3) is 0.154. The van der Waals surface area contributed by atoms with Gasteiger partial charge in [0, 0.05) is 17.8 Å². The Hall–Kier alpha value is -3.23. The van der Waals surface area contributed by atoms with E-state index in [9.17, 15) is 14.9 Å². The van der Waals surface area contributed by atoms with E-state index in [-0.39, 0.29) is 5.69 Å². The van der Waals surface area contributed by atoms with Crippen molar-refractivity contribution in [2.45, 2.75) is 13.0 Å². The molecule has 0 unspecified atom stereocenters. The highest BCUT2D eigenvalue weighted by Gasteiger charge is 2.32. The lowest BCUT2D eigenvalue weighted by Gasteiger charge is -2.27. The molecule has 1 aliphatic rings. The van der Waals surface area contributed by atoms with Crippen LogP contribution in [0.1, 0.15) is 18.5 Å². The van der Waals surface area contributed by atoms with Crippen LogP contribution in [-0.4, -0.2) is 25.6 Å². The van der Waals surface area contributed by atoms with Crippen molar-refractivity contribution in [2.75, 3.05) is 5.32 Å². The van der Waals surface area contributed by atoms with Gasteiger partial charge in [0.05, 0.1) is 10.5 Å². The van der Waals surface area contributed by atoms with Gasteiger partial charge >= 0.3 is 0 Å². The number of carbonyl (C=O) groups excluding carboxylic acids is 1. The average molecular weight is 300 g/mol. The van der Waals surface area contributed by atoms with Gasteiger partial charge in [0.15, 0.2) is 0 Å². The van der Waals surface area contributed by atoms with E-state index in [1.165, 1.54) is 23.1 Å². The van der Waals surface area contributed by atoms with Crippen molar-refractivity contribution in [3.8, 4) is 0 Å². The second-order valence-electron chi connectivity index (χ2n) is 4.81. The zero-order chi connectivity index (χ0) is 15.9. The molecule has 3 N–H and O–H groups in total. The summed E-state index contributed by atoms with van der Waals surface area (Å²) < 4.78 is 1.52. The molecule has 1 aromatic carbocycles. The highest BCUT2D eigenvalue weighted by Crippen LogP contribution is 2.34. The van der Waals surface area contributed by atoms with Crippen molar-refractivity contribution in [2.24, 2.45) is 5.73 Å². The van der Waals surface area contributed by atoms with Crippen LogP contribution in [0.4, 0.5) is 11.6 Å². The van der Waals surface area contributed by atoms with Crippen molar-refractivity contribution in [3.63, 3.8) is 0 Å². The lowest BCUT2D eigenvalue weighted by atomic mass is 9.95. The number of hydrogen-bond acceptors (Lipinski definition) is 6. The number of carbonyl (C=O) groups is 1. The van der Waals surface area contributed by atoms with Crippen LogP contribution in [0.25, 0.3) is 0 Å². The van der Waals surface area contributed by atoms with Gasteiger partial charge in [-0.1, -0.05) is 0 Å². The number of rotatable bonds is 3. The molecule has 1 aromatic heterocycles. The summed E-state index contributed by atoms with van der Waals surface area (Å²) in [4.78, 5) is 26.2. The molecule has 1 atom stereocenters. The Morgan fingerprint density at radius 3 is 2.68 bits per heavy atom. The number of nitrogens with two attached hydrogens (primary N) is 1. The Kier molecular flexibility index (Phi) is 3.09. The van der Waals surface area contributed by atoms with Crippen molar-refractivity contribution >= 4 is 17.5 Å². The maximum absolute atomic E-state index is 11.8. The van der Waals surface area contributed by atoms with Gasteiger partial charge < -0.3 is 11.1 Å². The van der Waals surface area contributed by atoms with Gasteiger partial charge in [-0.15, -0.1) is 0 Å². The normalized spacial score (nSPS) is 16.9. The number of fused-ring (bicyclic) bond motifs is 1. The number of nitro benzene ring substituents is 1. The van der Waals surface area contributed by atoms with E-state index in [0.717, 1.165) is 0 Å². The van der Waals surface area contributed by atoms with Gasteiger partial charge in [-0.3, -0.25) is 14.9 Å². The number of aromatic nitrogens is 3. The van der Waals surface area contributed by atoms with Crippen LogP contribution in [0.15, 0.2) is 41.9 Å². The second-order valence-corrected chi connectivity index (χ2v) is 4.81.